The standard InChI is InChI=1S/C18H15BrFNO4/c1-23-14-8-13-16(18(25-3)17(14)24-2)11(7-15(22)21-13)10-6-9(19)4-5-12(10)20/h4-8H,1-3H3,(H,21,22). The lowest BCUT2D eigenvalue weighted by molar-refractivity contribution is 0.327. The molecule has 130 valence electrons. The maximum absolute atomic E-state index is 14.4. The van der Waals surface area contributed by atoms with Crippen molar-refractivity contribution >= 4 is 26.8 Å². The highest BCUT2D eigenvalue weighted by atomic mass is 79.9. The quantitative estimate of drug-likeness (QED) is 0.706. The minimum atomic E-state index is -0.452. The summed E-state index contributed by atoms with van der Waals surface area (Å²) >= 11 is 3.33. The van der Waals surface area contributed by atoms with Crippen molar-refractivity contribution in [3.05, 3.63) is 51.0 Å². The Kier molecular flexibility index (Phi) is 4.67. The zero-order chi connectivity index (χ0) is 18.1. The molecule has 7 heteroatoms. The molecule has 0 aliphatic heterocycles. The first-order chi connectivity index (χ1) is 12.0. The summed E-state index contributed by atoms with van der Waals surface area (Å²) in [5.41, 5.74) is 0.763. The monoisotopic (exact) mass is 407 g/mol. The van der Waals surface area contributed by atoms with E-state index in [-0.39, 0.29) is 11.1 Å². The Morgan fingerprint density at radius 2 is 1.68 bits per heavy atom. The minimum absolute atomic E-state index is 0.274. The van der Waals surface area contributed by atoms with E-state index in [1.54, 1.807) is 18.2 Å². The Balaban J connectivity index is 2.51. The first kappa shape index (κ1) is 17.3. The molecule has 1 N–H and O–H groups in total. The van der Waals surface area contributed by atoms with E-state index in [9.17, 15) is 9.18 Å². The molecule has 0 radical (unpaired) electrons. The van der Waals surface area contributed by atoms with Gasteiger partial charge in [-0.2, -0.15) is 0 Å². The van der Waals surface area contributed by atoms with E-state index >= 15 is 0 Å². The van der Waals surface area contributed by atoms with E-state index in [2.05, 4.69) is 20.9 Å². The van der Waals surface area contributed by atoms with Crippen molar-refractivity contribution in [3.63, 3.8) is 0 Å². The number of aromatic nitrogens is 1. The van der Waals surface area contributed by atoms with Crippen LogP contribution >= 0.6 is 15.9 Å². The van der Waals surface area contributed by atoms with Gasteiger partial charge >= 0.3 is 0 Å². The summed E-state index contributed by atoms with van der Waals surface area (Å²) in [5, 5.41) is 0.525. The zero-order valence-electron chi connectivity index (χ0n) is 13.8. The third kappa shape index (κ3) is 2.95. The van der Waals surface area contributed by atoms with Crippen LogP contribution in [0.1, 0.15) is 0 Å². The van der Waals surface area contributed by atoms with Crippen LogP contribution in [0.5, 0.6) is 17.2 Å². The number of methoxy groups -OCH3 is 3. The molecule has 25 heavy (non-hydrogen) atoms. The van der Waals surface area contributed by atoms with Gasteiger partial charge in [0.2, 0.25) is 11.3 Å². The summed E-state index contributed by atoms with van der Waals surface area (Å²) in [6, 6.07) is 7.49. The zero-order valence-corrected chi connectivity index (χ0v) is 15.4. The van der Waals surface area contributed by atoms with Crippen LogP contribution in [0.25, 0.3) is 22.0 Å². The van der Waals surface area contributed by atoms with Gasteiger partial charge in [-0.15, -0.1) is 0 Å². The van der Waals surface area contributed by atoms with Crippen molar-refractivity contribution in [1.82, 2.24) is 4.98 Å². The number of fused-ring (bicyclic) bond motifs is 1. The number of halogens is 2. The number of H-pyrrole nitrogens is 1. The van der Waals surface area contributed by atoms with Crippen LogP contribution in [0.2, 0.25) is 0 Å². The molecular formula is C18H15BrFNO4. The summed E-state index contributed by atoms with van der Waals surface area (Å²) in [6.07, 6.45) is 0. The summed E-state index contributed by atoms with van der Waals surface area (Å²) in [4.78, 5) is 14.9. The van der Waals surface area contributed by atoms with Gasteiger partial charge in [0, 0.05) is 27.7 Å². The average Bonchev–Trinajstić information content (AvgIpc) is 2.61. The van der Waals surface area contributed by atoms with Crippen LogP contribution in [-0.4, -0.2) is 26.3 Å². The number of benzene rings is 2. The molecule has 1 aromatic heterocycles. The van der Waals surface area contributed by atoms with Crippen molar-refractivity contribution in [2.45, 2.75) is 0 Å². The van der Waals surface area contributed by atoms with E-state index in [4.69, 9.17) is 14.2 Å². The number of ether oxygens (including phenoxy) is 3. The van der Waals surface area contributed by atoms with Crippen molar-refractivity contribution in [2.75, 3.05) is 21.3 Å². The second kappa shape index (κ2) is 6.76. The number of hydrogen-bond acceptors (Lipinski definition) is 4. The predicted molar refractivity (Wildman–Crippen MR) is 97.3 cm³/mol. The molecular weight excluding hydrogens is 393 g/mol. The molecule has 0 saturated heterocycles. The van der Waals surface area contributed by atoms with Crippen molar-refractivity contribution in [2.24, 2.45) is 0 Å². The first-order valence-corrected chi connectivity index (χ1v) is 8.10. The topological polar surface area (TPSA) is 60.6 Å². The Morgan fingerprint density at radius 3 is 2.32 bits per heavy atom. The second-order valence-corrected chi connectivity index (χ2v) is 6.15. The highest BCUT2D eigenvalue weighted by Crippen LogP contribution is 2.46. The summed E-state index contributed by atoms with van der Waals surface area (Å²) in [5.74, 6) is 0.657. The fraction of sp³-hybridized carbons (Fsp3) is 0.167. The fourth-order valence-electron chi connectivity index (χ4n) is 2.81. The number of hydrogen-bond donors (Lipinski definition) is 1. The summed E-state index contributed by atoms with van der Waals surface area (Å²) < 4.78 is 31.3. The van der Waals surface area contributed by atoms with Crippen LogP contribution in [0, 0.1) is 5.82 Å². The smallest absolute Gasteiger partial charge is 0.249 e. The number of aromatic amines is 1. The van der Waals surface area contributed by atoms with Crippen LogP contribution in [0.3, 0.4) is 0 Å². The lowest BCUT2D eigenvalue weighted by atomic mass is 9.99. The largest absolute Gasteiger partial charge is 0.493 e. The molecule has 0 aliphatic rings. The van der Waals surface area contributed by atoms with Crippen LogP contribution in [0.15, 0.2) is 39.6 Å². The Hall–Kier alpha value is -2.54. The lowest BCUT2D eigenvalue weighted by Crippen LogP contribution is -2.07. The molecule has 3 aromatic rings. The van der Waals surface area contributed by atoms with E-state index in [1.165, 1.54) is 33.5 Å². The van der Waals surface area contributed by atoms with Crippen LogP contribution < -0.4 is 19.8 Å². The molecule has 0 atom stereocenters. The van der Waals surface area contributed by atoms with Crippen LogP contribution in [0.4, 0.5) is 4.39 Å². The third-order valence-corrected chi connectivity index (χ3v) is 4.34. The van der Waals surface area contributed by atoms with Gasteiger partial charge in [-0.25, -0.2) is 4.39 Å². The van der Waals surface area contributed by atoms with Gasteiger partial charge in [0.1, 0.15) is 5.82 Å². The second-order valence-electron chi connectivity index (χ2n) is 5.24. The summed E-state index contributed by atoms with van der Waals surface area (Å²) in [7, 11) is 4.44. The molecule has 3 rings (SSSR count). The van der Waals surface area contributed by atoms with Gasteiger partial charge < -0.3 is 19.2 Å². The molecule has 0 amide bonds. The molecule has 0 spiro atoms. The number of nitrogens with one attached hydrogen (secondary N) is 1. The highest BCUT2D eigenvalue weighted by molar-refractivity contribution is 9.10. The van der Waals surface area contributed by atoms with Crippen molar-refractivity contribution in [1.29, 1.82) is 0 Å². The maximum Gasteiger partial charge on any atom is 0.249 e. The molecule has 0 fully saturated rings. The van der Waals surface area contributed by atoms with Gasteiger partial charge in [-0.1, -0.05) is 15.9 Å². The van der Waals surface area contributed by atoms with Gasteiger partial charge in [-0.05, 0) is 18.2 Å². The summed E-state index contributed by atoms with van der Waals surface area (Å²) in [6.45, 7) is 0. The van der Waals surface area contributed by atoms with Crippen molar-refractivity contribution in [3.8, 4) is 28.4 Å². The third-order valence-electron chi connectivity index (χ3n) is 3.85. The SMILES string of the molecule is COc1cc2[nH]c(=O)cc(-c3cc(Br)ccc3F)c2c(OC)c1OC. The molecule has 0 saturated carbocycles. The van der Waals surface area contributed by atoms with E-state index < -0.39 is 5.82 Å². The van der Waals surface area contributed by atoms with Gasteiger partial charge in [0.25, 0.3) is 0 Å². The number of pyridine rings is 1. The van der Waals surface area contributed by atoms with E-state index in [0.29, 0.717) is 38.2 Å². The van der Waals surface area contributed by atoms with E-state index in [0.717, 1.165) is 0 Å². The predicted octanol–water partition coefficient (Wildman–Crippen LogP) is 4.12. The Morgan fingerprint density at radius 1 is 0.960 bits per heavy atom. The lowest BCUT2D eigenvalue weighted by Gasteiger charge is -2.17. The molecule has 2 aromatic carbocycles. The molecule has 5 nitrogen and oxygen atoms in total. The van der Waals surface area contributed by atoms with Gasteiger partial charge in [0.15, 0.2) is 11.5 Å². The molecule has 0 unspecified atom stereocenters. The maximum atomic E-state index is 14.4. The Bertz CT molecular complexity index is 1020. The van der Waals surface area contributed by atoms with Gasteiger partial charge in [-0.3, -0.25) is 4.79 Å². The highest BCUT2D eigenvalue weighted by Gasteiger charge is 2.21. The molecule has 1 heterocycles. The fourth-order valence-corrected chi connectivity index (χ4v) is 3.17. The Labute approximate surface area is 151 Å². The number of rotatable bonds is 4. The normalized spacial score (nSPS) is 10.8. The minimum Gasteiger partial charge on any atom is -0.493 e. The molecule has 0 bridgehead atoms. The van der Waals surface area contributed by atoms with Gasteiger partial charge in [0.05, 0.1) is 32.2 Å². The van der Waals surface area contributed by atoms with Crippen LogP contribution in [-0.2, 0) is 0 Å². The van der Waals surface area contributed by atoms with Crippen molar-refractivity contribution < 1.29 is 18.6 Å². The average molecular weight is 408 g/mol. The van der Waals surface area contributed by atoms with E-state index in [1.807, 2.05) is 0 Å². The first-order valence-electron chi connectivity index (χ1n) is 7.31. The molecule has 0 aliphatic carbocycles.